The molecule has 0 bridgehead atoms. The molecule has 1 aromatic carbocycles. The lowest BCUT2D eigenvalue weighted by Crippen LogP contribution is -2.26. The third-order valence-corrected chi connectivity index (χ3v) is 6.61. The number of rotatable bonds is 2. The molecule has 0 aliphatic carbocycles. The first-order valence-electron chi connectivity index (χ1n) is 6.86. The lowest BCUT2D eigenvalue weighted by molar-refractivity contribution is -0.137. The molecule has 116 valence electrons. The van der Waals surface area contributed by atoms with Gasteiger partial charge in [-0.25, -0.2) is 8.42 Å². The van der Waals surface area contributed by atoms with E-state index in [1.807, 2.05) is 4.90 Å². The monoisotopic (exact) mass is 319 g/mol. The number of benzene rings is 1. The summed E-state index contributed by atoms with van der Waals surface area (Å²) in [7, 11) is -3.00. The number of fused-ring (bicyclic) bond motifs is 1. The molecule has 0 unspecified atom stereocenters. The van der Waals surface area contributed by atoms with E-state index in [0.717, 1.165) is 12.1 Å². The van der Waals surface area contributed by atoms with Crippen LogP contribution in [0.15, 0.2) is 24.3 Å². The van der Waals surface area contributed by atoms with E-state index in [1.165, 1.54) is 6.07 Å². The van der Waals surface area contributed by atoms with E-state index < -0.39 is 21.6 Å². The highest BCUT2D eigenvalue weighted by Crippen LogP contribution is 2.35. The summed E-state index contributed by atoms with van der Waals surface area (Å²) < 4.78 is 61.7. The number of hydrogen-bond donors (Lipinski definition) is 0. The molecule has 7 heteroatoms. The van der Waals surface area contributed by atoms with Gasteiger partial charge in [-0.05, 0) is 24.0 Å². The van der Waals surface area contributed by atoms with E-state index >= 15 is 0 Å². The fourth-order valence-corrected chi connectivity index (χ4v) is 5.49. The molecule has 1 aromatic rings. The summed E-state index contributed by atoms with van der Waals surface area (Å²) in [6.07, 6.45) is -3.67. The van der Waals surface area contributed by atoms with Crippen molar-refractivity contribution in [3.63, 3.8) is 0 Å². The normalized spacial score (nSPS) is 28.7. The first kappa shape index (κ1) is 14.8. The van der Waals surface area contributed by atoms with Gasteiger partial charge in [0.2, 0.25) is 0 Å². The summed E-state index contributed by atoms with van der Waals surface area (Å²) in [5.41, 5.74) is -0.0887. The largest absolute Gasteiger partial charge is 0.416 e. The van der Waals surface area contributed by atoms with Gasteiger partial charge in [-0.1, -0.05) is 18.2 Å². The second kappa shape index (κ2) is 4.98. The number of sulfone groups is 1. The Labute approximate surface area is 121 Å². The summed E-state index contributed by atoms with van der Waals surface area (Å²) >= 11 is 0. The van der Waals surface area contributed by atoms with Gasteiger partial charge in [0.15, 0.2) is 9.84 Å². The van der Waals surface area contributed by atoms with Crippen molar-refractivity contribution in [3.05, 3.63) is 35.4 Å². The van der Waals surface area contributed by atoms with Gasteiger partial charge in [-0.15, -0.1) is 0 Å². The maximum absolute atomic E-state index is 12.7. The fraction of sp³-hybridized carbons (Fsp3) is 0.571. The van der Waals surface area contributed by atoms with Gasteiger partial charge in [0, 0.05) is 19.6 Å². The van der Waals surface area contributed by atoms with Gasteiger partial charge in [0.1, 0.15) is 0 Å². The van der Waals surface area contributed by atoms with E-state index in [-0.39, 0.29) is 16.9 Å². The van der Waals surface area contributed by atoms with Crippen molar-refractivity contribution in [2.24, 2.45) is 5.92 Å². The highest BCUT2D eigenvalue weighted by molar-refractivity contribution is 7.92. The zero-order valence-electron chi connectivity index (χ0n) is 11.3. The molecule has 3 rings (SSSR count). The van der Waals surface area contributed by atoms with E-state index in [0.29, 0.717) is 31.6 Å². The minimum Gasteiger partial charge on any atom is -0.297 e. The minimum absolute atomic E-state index is 0.140. The first-order valence-corrected chi connectivity index (χ1v) is 8.57. The van der Waals surface area contributed by atoms with Crippen LogP contribution >= 0.6 is 0 Å². The summed E-state index contributed by atoms with van der Waals surface area (Å²) in [4.78, 5) is 1.95. The van der Waals surface area contributed by atoms with Gasteiger partial charge in [-0.3, -0.25) is 4.90 Å². The van der Waals surface area contributed by atoms with Crippen LogP contribution in [0, 0.1) is 5.92 Å². The number of halogens is 3. The van der Waals surface area contributed by atoms with Gasteiger partial charge >= 0.3 is 6.18 Å². The summed E-state index contributed by atoms with van der Waals surface area (Å²) in [5, 5.41) is -0.330. The van der Waals surface area contributed by atoms with Crippen molar-refractivity contribution in [1.29, 1.82) is 0 Å². The molecule has 0 amide bonds. The molecule has 0 saturated carbocycles. The molecule has 3 nitrogen and oxygen atoms in total. The van der Waals surface area contributed by atoms with E-state index in [4.69, 9.17) is 0 Å². The van der Waals surface area contributed by atoms with Crippen LogP contribution in [0.1, 0.15) is 17.5 Å². The Bertz CT molecular complexity index is 642. The standard InChI is InChI=1S/C14H16F3NO2S/c15-14(16,17)12-3-1-2-10(6-12)7-18-8-11-4-5-21(19,20)13(11)9-18/h1-3,6,11,13H,4-5,7-9H2/t11-,13+/m0/s1. The average molecular weight is 319 g/mol. The zero-order valence-corrected chi connectivity index (χ0v) is 12.1. The minimum atomic E-state index is -4.35. The van der Waals surface area contributed by atoms with E-state index in [9.17, 15) is 21.6 Å². The molecular formula is C14H16F3NO2S. The number of hydrogen-bond acceptors (Lipinski definition) is 3. The predicted molar refractivity (Wildman–Crippen MR) is 72.4 cm³/mol. The first-order chi connectivity index (χ1) is 9.75. The van der Waals surface area contributed by atoms with Crippen LogP contribution in [-0.2, 0) is 22.6 Å². The fourth-order valence-electron chi connectivity index (χ4n) is 3.31. The van der Waals surface area contributed by atoms with Crippen molar-refractivity contribution in [2.45, 2.75) is 24.4 Å². The third-order valence-electron chi connectivity index (χ3n) is 4.35. The average Bonchev–Trinajstić information content (AvgIpc) is 2.90. The van der Waals surface area contributed by atoms with Crippen molar-refractivity contribution in [3.8, 4) is 0 Å². The molecular weight excluding hydrogens is 303 g/mol. The molecule has 2 atom stereocenters. The van der Waals surface area contributed by atoms with Gasteiger partial charge in [0.25, 0.3) is 0 Å². The number of likely N-dealkylation sites (tertiary alicyclic amines) is 1. The van der Waals surface area contributed by atoms with Crippen LogP contribution in [-0.4, -0.2) is 37.4 Å². The molecule has 21 heavy (non-hydrogen) atoms. The molecule has 2 aliphatic rings. The quantitative estimate of drug-likeness (QED) is 0.839. The molecule has 2 aliphatic heterocycles. The van der Waals surface area contributed by atoms with Crippen LogP contribution in [0.2, 0.25) is 0 Å². The van der Waals surface area contributed by atoms with Crippen LogP contribution in [0.3, 0.4) is 0 Å². The smallest absolute Gasteiger partial charge is 0.297 e. The summed E-state index contributed by atoms with van der Waals surface area (Å²) in [6.45, 7) is 1.45. The molecule has 0 aromatic heterocycles. The topological polar surface area (TPSA) is 37.4 Å². The second-order valence-corrected chi connectivity index (χ2v) is 8.19. The van der Waals surface area contributed by atoms with Crippen molar-refractivity contribution in [2.75, 3.05) is 18.8 Å². The Kier molecular flexibility index (Phi) is 3.52. The van der Waals surface area contributed by atoms with Gasteiger partial charge in [0.05, 0.1) is 16.6 Å². The third kappa shape index (κ3) is 2.94. The molecule has 0 spiro atoms. The van der Waals surface area contributed by atoms with Crippen LogP contribution in [0.5, 0.6) is 0 Å². The number of alkyl halides is 3. The predicted octanol–water partition coefficient (Wildman–Crippen LogP) is 2.32. The summed E-state index contributed by atoms with van der Waals surface area (Å²) in [6, 6.07) is 5.24. The summed E-state index contributed by atoms with van der Waals surface area (Å²) in [5.74, 6) is 0.389. The Hall–Kier alpha value is -1.08. The molecule has 0 N–H and O–H groups in total. The Morgan fingerprint density at radius 3 is 2.67 bits per heavy atom. The molecule has 0 radical (unpaired) electrons. The maximum atomic E-state index is 12.7. The van der Waals surface area contributed by atoms with Crippen molar-refractivity contribution < 1.29 is 21.6 Å². The highest BCUT2D eigenvalue weighted by Gasteiger charge is 2.46. The van der Waals surface area contributed by atoms with Crippen molar-refractivity contribution >= 4 is 9.84 Å². The second-order valence-electron chi connectivity index (χ2n) is 5.85. The van der Waals surface area contributed by atoms with Gasteiger partial charge in [-0.2, -0.15) is 13.2 Å². The maximum Gasteiger partial charge on any atom is 0.416 e. The Balaban J connectivity index is 1.72. The van der Waals surface area contributed by atoms with Crippen LogP contribution < -0.4 is 0 Å². The molecule has 2 fully saturated rings. The van der Waals surface area contributed by atoms with Crippen LogP contribution in [0.4, 0.5) is 13.2 Å². The lowest BCUT2D eigenvalue weighted by atomic mass is 10.1. The Morgan fingerprint density at radius 2 is 2.00 bits per heavy atom. The van der Waals surface area contributed by atoms with E-state index in [2.05, 4.69) is 0 Å². The Morgan fingerprint density at radius 1 is 1.24 bits per heavy atom. The molecule has 2 heterocycles. The SMILES string of the molecule is O=S1(=O)CC[C@H]2CN(Cc3cccc(C(F)(F)F)c3)C[C@H]21. The van der Waals surface area contributed by atoms with E-state index in [1.54, 1.807) is 6.07 Å². The van der Waals surface area contributed by atoms with Crippen molar-refractivity contribution in [1.82, 2.24) is 4.90 Å². The highest BCUT2D eigenvalue weighted by atomic mass is 32.2. The van der Waals surface area contributed by atoms with Gasteiger partial charge < -0.3 is 0 Å². The van der Waals surface area contributed by atoms with Crippen LogP contribution in [0.25, 0.3) is 0 Å². The zero-order chi connectivity index (χ0) is 15.3. The lowest BCUT2D eigenvalue weighted by Gasteiger charge is -2.17. The molecule has 2 saturated heterocycles. The number of nitrogens with zero attached hydrogens (tertiary/aromatic N) is 1.